The molecule has 1 aromatic rings. The van der Waals surface area contributed by atoms with Crippen molar-refractivity contribution < 1.29 is 5.11 Å². The van der Waals surface area contributed by atoms with Crippen LogP contribution < -0.4 is 5.32 Å². The van der Waals surface area contributed by atoms with Gasteiger partial charge in [0.2, 0.25) is 0 Å². The first-order valence-electron chi connectivity index (χ1n) is 5.33. The Labute approximate surface area is 87.4 Å². The van der Waals surface area contributed by atoms with Gasteiger partial charge in [0.15, 0.2) is 0 Å². The molecule has 0 unspecified atom stereocenters. The number of hydrogen-bond acceptors (Lipinski definition) is 1. The molecule has 80 valence electrons. The fourth-order valence-corrected chi connectivity index (χ4v) is 3.42. The number of rotatable bonds is 5. The lowest BCUT2D eigenvalue weighted by Gasteiger charge is -2.16. The van der Waals surface area contributed by atoms with Gasteiger partial charge in [0.25, 0.3) is 0 Å². The lowest BCUT2D eigenvalue weighted by Crippen LogP contribution is -2.40. The van der Waals surface area contributed by atoms with E-state index in [-0.39, 0.29) is 0 Å². The van der Waals surface area contributed by atoms with E-state index in [1.807, 2.05) is 6.20 Å². The normalized spacial score (nSPS) is 12.0. The predicted molar refractivity (Wildman–Crippen MR) is 63.8 cm³/mol. The van der Waals surface area contributed by atoms with E-state index in [0.717, 1.165) is 19.3 Å². The van der Waals surface area contributed by atoms with E-state index in [1.54, 1.807) is 0 Å². The molecule has 2 nitrogen and oxygen atoms in total. The summed E-state index contributed by atoms with van der Waals surface area (Å²) in [7, 11) is -1.20. The molecule has 0 spiro atoms. The summed E-state index contributed by atoms with van der Waals surface area (Å²) in [5, 5.41) is 10.2. The molecule has 3 heteroatoms. The van der Waals surface area contributed by atoms with E-state index in [9.17, 15) is 0 Å². The number of aromatic amines is 1. The van der Waals surface area contributed by atoms with Crippen LogP contribution in [0.15, 0.2) is 12.3 Å². The van der Waals surface area contributed by atoms with Crippen LogP contribution in [0.3, 0.4) is 0 Å². The molecule has 0 amide bonds. The molecular weight excluding hydrogens is 190 g/mol. The summed E-state index contributed by atoms with van der Waals surface area (Å²) in [4.78, 5) is 3.37. The molecule has 0 saturated carbocycles. The number of nitrogens with one attached hydrogen (secondary N) is 1. The molecule has 0 aliphatic rings. The molecule has 0 atom stereocenters. The van der Waals surface area contributed by atoms with E-state index in [4.69, 9.17) is 5.11 Å². The number of aryl methyl sites for hydroxylation is 1. The first-order chi connectivity index (χ1) is 6.55. The largest absolute Gasteiger partial charge is 0.396 e. The molecule has 2 N–H and O–H groups in total. The van der Waals surface area contributed by atoms with Gasteiger partial charge in [-0.3, -0.25) is 0 Å². The van der Waals surface area contributed by atoms with Crippen molar-refractivity contribution in [3.8, 4) is 0 Å². The second kappa shape index (κ2) is 4.80. The number of unbranched alkanes of at least 4 members (excludes halogenated alkanes) is 1. The van der Waals surface area contributed by atoms with E-state index in [1.165, 1.54) is 10.9 Å². The van der Waals surface area contributed by atoms with Crippen molar-refractivity contribution in [1.82, 2.24) is 4.98 Å². The number of aromatic nitrogens is 1. The topological polar surface area (TPSA) is 36.0 Å². The summed E-state index contributed by atoms with van der Waals surface area (Å²) in [5.41, 5.74) is 1.46. The van der Waals surface area contributed by atoms with Gasteiger partial charge >= 0.3 is 0 Å². The van der Waals surface area contributed by atoms with E-state index >= 15 is 0 Å². The quantitative estimate of drug-likeness (QED) is 0.566. The van der Waals surface area contributed by atoms with Crippen LogP contribution in [0.2, 0.25) is 19.6 Å². The monoisotopic (exact) mass is 211 g/mol. The Hall–Kier alpha value is -0.543. The van der Waals surface area contributed by atoms with Crippen molar-refractivity contribution in [3.05, 3.63) is 17.8 Å². The highest BCUT2D eigenvalue weighted by molar-refractivity contribution is 6.88. The van der Waals surface area contributed by atoms with E-state index in [0.29, 0.717) is 6.61 Å². The highest BCUT2D eigenvalue weighted by Gasteiger charge is 2.20. The zero-order valence-electron chi connectivity index (χ0n) is 9.43. The summed E-state index contributed by atoms with van der Waals surface area (Å²) in [6.45, 7) is 7.38. The standard InChI is InChI=1S/C11H21NOSi/c1-14(2,3)11-10(7-8-12-11)6-4-5-9-13/h7-8,12-13H,4-6,9H2,1-3H3. The average molecular weight is 211 g/mol. The SMILES string of the molecule is C[Si](C)(C)c1[nH]ccc1CCCCO. The fourth-order valence-electron chi connectivity index (χ4n) is 1.74. The molecule has 14 heavy (non-hydrogen) atoms. The van der Waals surface area contributed by atoms with Crippen LogP contribution in [-0.4, -0.2) is 24.8 Å². The molecule has 0 bridgehead atoms. The van der Waals surface area contributed by atoms with Gasteiger partial charge in [-0.1, -0.05) is 19.6 Å². The third-order valence-electron chi connectivity index (χ3n) is 2.44. The highest BCUT2D eigenvalue weighted by atomic mass is 28.3. The third-order valence-corrected chi connectivity index (χ3v) is 4.40. The van der Waals surface area contributed by atoms with Gasteiger partial charge < -0.3 is 10.1 Å². The highest BCUT2D eigenvalue weighted by Crippen LogP contribution is 2.08. The van der Waals surface area contributed by atoms with Gasteiger partial charge in [-0.15, -0.1) is 0 Å². The molecule has 1 rings (SSSR count). The first-order valence-corrected chi connectivity index (χ1v) is 8.83. The minimum absolute atomic E-state index is 0.312. The summed E-state index contributed by atoms with van der Waals surface area (Å²) >= 11 is 0. The molecule has 0 fully saturated rings. The molecule has 0 aliphatic carbocycles. The van der Waals surface area contributed by atoms with Gasteiger partial charge in [0.05, 0.1) is 8.07 Å². The maximum atomic E-state index is 8.72. The average Bonchev–Trinajstić information content (AvgIpc) is 2.52. The van der Waals surface area contributed by atoms with Crippen LogP contribution in [0.4, 0.5) is 0 Å². The van der Waals surface area contributed by atoms with Crippen LogP contribution in [0.5, 0.6) is 0 Å². The van der Waals surface area contributed by atoms with Crippen molar-refractivity contribution in [1.29, 1.82) is 0 Å². The Morgan fingerprint density at radius 1 is 1.29 bits per heavy atom. The van der Waals surface area contributed by atoms with Gasteiger partial charge in [0, 0.05) is 18.1 Å². The van der Waals surface area contributed by atoms with Crippen LogP contribution in [0, 0.1) is 0 Å². The Bertz CT molecular complexity index is 275. The predicted octanol–water partition coefficient (Wildman–Crippen LogP) is 1.87. The molecule has 1 heterocycles. The second-order valence-electron chi connectivity index (χ2n) is 4.81. The number of aliphatic hydroxyl groups is 1. The Morgan fingerprint density at radius 3 is 2.57 bits per heavy atom. The number of H-pyrrole nitrogens is 1. The molecule has 1 aromatic heterocycles. The van der Waals surface area contributed by atoms with Gasteiger partial charge in [-0.05, 0) is 30.9 Å². The van der Waals surface area contributed by atoms with Gasteiger partial charge in [-0.2, -0.15) is 0 Å². The Balaban J connectivity index is 2.63. The number of aliphatic hydroxyl groups excluding tert-OH is 1. The van der Waals surface area contributed by atoms with Crippen molar-refractivity contribution in [2.75, 3.05) is 6.61 Å². The van der Waals surface area contributed by atoms with Crippen LogP contribution in [-0.2, 0) is 6.42 Å². The molecule has 0 saturated heterocycles. The van der Waals surface area contributed by atoms with Crippen LogP contribution >= 0.6 is 0 Å². The minimum Gasteiger partial charge on any atom is -0.396 e. The molecule has 0 aromatic carbocycles. The second-order valence-corrected chi connectivity index (χ2v) is 9.81. The van der Waals surface area contributed by atoms with Crippen molar-refractivity contribution >= 4 is 13.4 Å². The molecule has 0 radical (unpaired) electrons. The zero-order chi connectivity index (χ0) is 10.6. The first kappa shape index (κ1) is 11.5. The third kappa shape index (κ3) is 2.99. The fraction of sp³-hybridized carbons (Fsp3) is 0.636. The van der Waals surface area contributed by atoms with Crippen molar-refractivity contribution in [3.63, 3.8) is 0 Å². The van der Waals surface area contributed by atoms with Crippen LogP contribution in [0.1, 0.15) is 18.4 Å². The Kier molecular flexibility index (Phi) is 3.95. The molecule has 0 aliphatic heterocycles. The molecular formula is C11H21NOSi. The summed E-state index contributed by atoms with van der Waals surface area (Å²) in [6, 6.07) is 2.19. The summed E-state index contributed by atoms with van der Waals surface area (Å²) in [5.74, 6) is 0. The van der Waals surface area contributed by atoms with Crippen molar-refractivity contribution in [2.24, 2.45) is 0 Å². The maximum Gasteiger partial charge on any atom is 0.0985 e. The maximum absolute atomic E-state index is 8.72. The summed E-state index contributed by atoms with van der Waals surface area (Å²) < 4.78 is 0. The smallest absolute Gasteiger partial charge is 0.0985 e. The Morgan fingerprint density at radius 2 is 2.00 bits per heavy atom. The lowest BCUT2D eigenvalue weighted by molar-refractivity contribution is 0.284. The minimum atomic E-state index is -1.20. The zero-order valence-corrected chi connectivity index (χ0v) is 10.4. The summed E-state index contributed by atoms with van der Waals surface area (Å²) in [6.07, 6.45) is 5.15. The lowest BCUT2D eigenvalue weighted by atomic mass is 10.1. The van der Waals surface area contributed by atoms with E-state index in [2.05, 4.69) is 30.7 Å². The van der Waals surface area contributed by atoms with Gasteiger partial charge in [0.1, 0.15) is 0 Å². The van der Waals surface area contributed by atoms with Crippen molar-refractivity contribution in [2.45, 2.75) is 38.9 Å². The van der Waals surface area contributed by atoms with E-state index < -0.39 is 8.07 Å². The van der Waals surface area contributed by atoms with Gasteiger partial charge in [-0.25, -0.2) is 0 Å². The van der Waals surface area contributed by atoms with Crippen LogP contribution in [0.25, 0.3) is 0 Å². The number of hydrogen-bond donors (Lipinski definition) is 2.